The molecule has 3 rings (SSSR count). The van der Waals surface area contributed by atoms with Crippen molar-refractivity contribution in [2.24, 2.45) is 0 Å². The lowest BCUT2D eigenvalue weighted by molar-refractivity contribution is -0.120. The van der Waals surface area contributed by atoms with E-state index in [4.69, 9.17) is 26.6 Å². The number of ketones is 1. The van der Waals surface area contributed by atoms with Gasteiger partial charge in [-0.1, -0.05) is 6.42 Å². The maximum Gasteiger partial charge on any atom is 0.132 e. The molecule has 27 heavy (non-hydrogen) atoms. The third-order valence-corrected chi connectivity index (χ3v) is 5.00. The van der Waals surface area contributed by atoms with Gasteiger partial charge in [-0.25, -0.2) is 0 Å². The van der Waals surface area contributed by atoms with Crippen LogP contribution in [0.2, 0.25) is 0 Å². The Labute approximate surface area is 165 Å². The van der Waals surface area contributed by atoms with Crippen molar-refractivity contribution in [2.75, 3.05) is 12.3 Å². The number of hydrogen-bond donors (Lipinski definition) is 2. The van der Waals surface area contributed by atoms with Gasteiger partial charge in [0, 0.05) is 24.3 Å². The molecule has 0 aromatic carbocycles. The van der Waals surface area contributed by atoms with E-state index in [2.05, 4.69) is 6.07 Å². The van der Waals surface area contributed by atoms with Gasteiger partial charge in [-0.05, 0) is 51.0 Å². The molecule has 1 aromatic rings. The minimum atomic E-state index is 0. The summed E-state index contributed by atoms with van der Waals surface area (Å²) < 4.78 is 0. The molecule has 0 unspecified atom stereocenters. The Balaban J connectivity index is 0.000000385. The van der Waals surface area contributed by atoms with Crippen molar-refractivity contribution in [3.8, 4) is 18.2 Å². The first-order chi connectivity index (χ1) is 13.0. The summed E-state index contributed by atoms with van der Waals surface area (Å²) in [5.41, 5.74) is 7.70. The second-order valence-corrected chi connectivity index (χ2v) is 7.11. The van der Waals surface area contributed by atoms with Gasteiger partial charge in [0.05, 0.1) is 17.7 Å². The minimum absolute atomic E-state index is 0. The van der Waals surface area contributed by atoms with E-state index in [0.29, 0.717) is 10.8 Å². The zero-order valence-electron chi connectivity index (χ0n) is 16.0. The number of Topliss-reactive ketones (excluding diaryl/α,β-unsaturated/α-hetero) is 1. The van der Waals surface area contributed by atoms with E-state index in [0.717, 1.165) is 44.1 Å². The van der Waals surface area contributed by atoms with E-state index in [-0.39, 0.29) is 13.0 Å². The lowest BCUT2D eigenvalue weighted by Crippen LogP contribution is -2.02. The van der Waals surface area contributed by atoms with Crippen LogP contribution >= 0.6 is 11.3 Å². The summed E-state index contributed by atoms with van der Waals surface area (Å²) in [7, 11) is 0. The molecule has 7 heteroatoms. The SMILES string of the molecule is CCO.N#CCC#N.N#Cc1c(N)sc2c1CCCC2.O=C1CCCCC1. The van der Waals surface area contributed by atoms with Crippen LogP contribution in [0.15, 0.2) is 0 Å². The smallest absolute Gasteiger partial charge is 0.132 e. The Morgan fingerprint density at radius 3 is 1.93 bits per heavy atom. The quantitative estimate of drug-likeness (QED) is 0.689. The van der Waals surface area contributed by atoms with Crippen molar-refractivity contribution < 1.29 is 9.90 Å². The van der Waals surface area contributed by atoms with Crippen LogP contribution < -0.4 is 5.73 Å². The number of aliphatic hydroxyl groups excluding tert-OH is 1. The van der Waals surface area contributed by atoms with Gasteiger partial charge in [0.2, 0.25) is 0 Å². The van der Waals surface area contributed by atoms with Gasteiger partial charge in [-0.3, -0.25) is 4.79 Å². The van der Waals surface area contributed by atoms with Crippen LogP contribution in [0, 0.1) is 34.0 Å². The number of thiophene rings is 1. The molecule has 1 heterocycles. The Morgan fingerprint density at radius 2 is 1.52 bits per heavy atom. The second-order valence-electron chi connectivity index (χ2n) is 5.97. The number of aryl methyl sites for hydroxylation is 1. The van der Waals surface area contributed by atoms with Crippen LogP contribution in [-0.4, -0.2) is 17.5 Å². The predicted molar refractivity (Wildman–Crippen MR) is 107 cm³/mol. The summed E-state index contributed by atoms with van der Waals surface area (Å²) in [4.78, 5) is 11.8. The molecule has 1 aromatic heterocycles. The highest BCUT2D eigenvalue weighted by molar-refractivity contribution is 7.16. The number of fused-ring (bicyclic) bond motifs is 1. The molecule has 1 fully saturated rings. The molecule has 0 saturated heterocycles. The first kappa shape index (κ1) is 24.6. The van der Waals surface area contributed by atoms with E-state index < -0.39 is 0 Å². The van der Waals surface area contributed by atoms with Crippen LogP contribution in [0.4, 0.5) is 5.00 Å². The number of carbonyl (C=O) groups is 1. The Hall–Kier alpha value is -2.40. The van der Waals surface area contributed by atoms with Crippen LogP contribution in [-0.2, 0) is 17.6 Å². The number of aliphatic hydroxyl groups is 1. The average Bonchev–Trinajstić information content (AvgIpc) is 2.99. The molecular formula is C20H28N4O2S. The van der Waals surface area contributed by atoms with Gasteiger partial charge in [-0.2, -0.15) is 15.8 Å². The summed E-state index contributed by atoms with van der Waals surface area (Å²) in [6.07, 6.45) is 9.86. The number of nitrogens with zero attached hydrogens (tertiary/aromatic N) is 3. The molecule has 2 aliphatic rings. The van der Waals surface area contributed by atoms with Gasteiger partial charge in [0.25, 0.3) is 0 Å². The highest BCUT2D eigenvalue weighted by atomic mass is 32.1. The number of rotatable bonds is 0. The summed E-state index contributed by atoms with van der Waals surface area (Å²) >= 11 is 1.60. The highest BCUT2D eigenvalue weighted by Gasteiger charge is 2.18. The molecule has 0 bridgehead atoms. The monoisotopic (exact) mass is 388 g/mol. The van der Waals surface area contributed by atoms with Crippen LogP contribution in [0.1, 0.15) is 74.3 Å². The molecule has 0 amide bonds. The van der Waals surface area contributed by atoms with Crippen LogP contribution in [0.3, 0.4) is 0 Å². The summed E-state index contributed by atoms with van der Waals surface area (Å²) in [6, 6.07) is 5.50. The van der Waals surface area contributed by atoms with Gasteiger partial charge < -0.3 is 10.8 Å². The zero-order valence-corrected chi connectivity index (χ0v) is 16.8. The Bertz CT molecular complexity index is 673. The zero-order chi connectivity index (χ0) is 20.5. The third kappa shape index (κ3) is 10.4. The normalized spacial score (nSPS) is 14.1. The van der Waals surface area contributed by atoms with E-state index in [1.807, 2.05) is 0 Å². The molecule has 3 N–H and O–H groups in total. The molecule has 0 spiro atoms. The Kier molecular flexibility index (Phi) is 14.4. The van der Waals surface area contributed by atoms with E-state index >= 15 is 0 Å². The Morgan fingerprint density at radius 1 is 1.00 bits per heavy atom. The maximum absolute atomic E-state index is 10.5. The fourth-order valence-electron chi connectivity index (χ4n) is 2.69. The van der Waals surface area contributed by atoms with Gasteiger partial charge in [-0.15, -0.1) is 11.3 Å². The molecule has 0 aliphatic heterocycles. The fraction of sp³-hybridized carbons (Fsp3) is 0.600. The standard InChI is InChI=1S/C9H10N2S.C6H10O.C3H2N2.C2H6O/c10-5-7-6-3-1-2-4-8(6)12-9(7)11;7-6-4-2-1-3-5-6;4-2-1-3-5;1-2-3/h1-4,11H2;1-5H2;1H2;3H,2H2,1H3. The molecule has 0 atom stereocenters. The van der Waals surface area contributed by atoms with Crippen molar-refractivity contribution in [2.45, 2.75) is 71.1 Å². The van der Waals surface area contributed by atoms with E-state index in [1.165, 1.54) is 29.7 Å². The number of nitrogen functional groups attached to an aromatic ring is 1. The molecule has 146 valence electrons. The first-order valence-electron chi connectivity index (χ1n) is 9.22. The lowest BCUT2D eigenvalue weighted by atomic mass is 9.96. The van der Waals surface area contributed by atoms with Gasteiger partial charge in [0.15, 0.2) is 0 Å². The maximum atomic E-state index is 10.5. The van der Waals surface area contributed by atoms with Crippen molar-refractivity contribution in [1.29, 1.82) is 15.8 Å². The largest absolute Gasteiger partial charge is 0.397 e. The first-order valence-corrected chi connectivity index (χ1v) is 10.0. The van der Waals surface area contributed by atoms with Crippen molar-refractivity contribution in [1.82, 2.24) is 0 Å². The van der Waals surface area contributed by atoms with Crippen LogP contribution in [0.5, 0.6) is 0 Å². The van der Waals surface area contributed by atoms with Crippen molar-refractivity contribution in [3.63, 3.8) is 0 Å². The summed E-state index contributed by atoms with van der Waals surface area (Å²) in [6.45, 7) is 1.93. The number of nitrogens with two attached hydrogens (primary N) is 1. The van der Waals surface area contributed by atoms with Gasteiger partial charge >= 0.3 is 0 Å². The molecule has 2 aliphatic carbocycles. The lowest BCUT2D eigenvalue weighted by Gasteiger charge is -2.09. The van der Waals surface area contributed by atoms with Crippen LogP contribution in [0.25, 0.3) is 0 Å². The third-order valence-electron chi connectivity index (χ3n) is 3.88. The number of hydrogen-bond acceptors (Lipinski definition) is 7. The average molecular weight is 389 g/mol. The van der Waals surface area contributed by atoms with E-state index in [1.54, 1.807) is 30.4 Å². The van der Waals surface area contributed by atoms with Crippen molar-refractivity contribution in [3.05, 3.63) is 16.0 Å². The number of carbonyl (C=O) groups excluding carboxylic acids is 1. The highest BCUT2D eigenvalue weighted by Crippen LogP contribution is 2.35. The second kappa shape index (κ2) is 15.8. The van der Waals surface area contributed by atoms with E-state index in [9.17, 15) is 4.79 Å². The number of anilines is 1. The number of nitriles is 3. The van der Waals surface area contributed by atoms with Gasteiger partial charge in [0.1, 0.15) is 23.3 Å². The summed E-state index contributed by atoms with van der Waals surface area (Å²) in [5, 5.41) is 32.3. The molecule has 0 radical (unpaired) electrons. The molecule has 6 nitrogen and oxygen atoms in total. The van der Waals surface area contributed by atoms with Crippen molar-refractivity contribution >= 4 is 22.1 Å². The fourth-order valence-corrected chi connectivity index (χ4v) is 3.80. The molecule has 1 saturated carbocycles. The molecular weight excluding hydrogens is 360 g/mol. The topological polar surface area (TPSA) is 135 Å². The minimum Gasteiger partial charge on any atom is -0.397 e. The summed E-state index contributed by atoms with van der Waals surface area (Å²) in [5.74, 6) is 0.464. The predicted octanol–water partition coefficient (Wildman–Crippen LogP) is 4.02.